The van der Waals surface area contributed by atoms with Crippen LogP contribution in [0.3, 0.4) is 0 Å². The highest BCUT2D eigenvalue weighted by molar-refractivity contribution is 7.92. The maximum absolute atomic E-state index is 14.7. The van der Waals surface area contributed by atoms with Gasteiger partial charge in [0.2, 0.25) is 15.9 Å². The van der Waals surface area contributed by atoms with E-state index in [-0.39, 0.29) is 29.3 Å². The van der Waals surface area contributed by atoms with Gasteiger partial charge in [-0.1, -0.05) is 18.2 Å². The van der Waals surface area contributed by atoms with Crippen molar-refractivity contribution in [2.75, 3.05) is 36.2 Å². The summed E-state index contributed by atoms with van der Waals surface area (Å²) in [6, 6.07) is 11.0. The summed E-state index contributed by atoms with van der Waals surface area (Å²) < 4.78 is 41.7. The van der Waals surface area contributed by atoms with E-state index in [2.05, 4.69) is 4.90 Å². The number of nitrogens with two attached hydrogens (primary N) is 1. The normalized spacial score (nSPS) is 14.6. The van der Waals surface area contributed by atoms with Gasteiger partial charge in [-0.25, -0.2) is 18.7 Å². The molecule has 0 atom stereocenters. The van der Waals surface area contributed by atoms with Crippen molar-refractivity contribution in [1.29, 1.82) is 0 Å². The smallest absolute Gasteiger partial charge is 0.265 e. The number of nitrogens with zero attached hydrogens (tertiary/aromatic N) is 3. The van der Waals surface area contributed by atoms with Gasteiger partial charge in [-0.05, 0) is 36.8 Å². The number of halogens is 1. The molecular formula is C23H30FN5O4S. The van der Waals surface area contributed by atoms with Gasteiger partial charge in [0.15, 0.2) is 0 Å². The molecule has 1 aliphatic heterocycles. The van der Waals surface area contributed by atoms with Crippen LogP contribution >= 0.6 is 0 Å². The Kier molecular flexibility index (Phi) is 8.24. The Balaban J connectivity index is 1.82. The molecule has 1 saturated heterocycles. The van der Waals surface area contributed by atoms with E-state index in [0.29, 0.717) is 25.3 Å². The molecule has 2 amide bonds. The van der Waals surface area contributed by atoms with Crippen LogP contribution in [0.4, 0.5) is 10.1 Å². The minimum absolute atomic E-state index is 0.0421. The minimum atomic E-state index is -3.72. The number of hydrazine groups is 1. The summed E-state index contributed by atoms with van der Waals surface area (Å²) in [4.78, 5) is 27.2. The van der Waals surface area contributed by atoms with Crippen molar-refractivity contribution in [1.82, 2.24) is 15.2 Å². The second-order valence-electron chi connectivity index (χ2n) is 8.14. The molecular weight excluding hydrogens is 461 g/mol. The maximum atomic E-state index is 14.7. The van der Waals surface area contributed by atoms with Crippen LogP contribution in [-0.2, 0) is 27.9 Å². The molecule has 1 heterocycles. The monoisotopic (exact) mass is 491 g/mol. The summed E-state index contributed by atoms with van der Waals surface area (Å²) >= 11 is 0. The van der Waals surface area contributed by atoms with Crippen LogP contribution < -0.4 is 15.6 Å². The number of carbonyl (C=O) groups excluding carboxylic acids is 2. The van der Waals surface area contributed by atoms with Gasteiger partial charge in [0, 0.05) is 50.8 Å². The molecule has 0 bridgehead atoms. The highest BCUT2D eigenvalue weighted by Gasteiger charge is 2.24. The molecule has 0 radical (unpaired) electrons. The topological polar surface area (TPSA) is 116 Å². The van der Waals surface area contributed by atoms with Crippen molar-refractivity contribution >= 4 is 27.5 Å². The van der Waals surface area contributed by atoms with Crippen LogP contribution in [0, 0.1) is 5.82 Å². The van der Waals surface area contributed by atoms with E-state index in [1.54, 1.807) is 30.0 Å². The third-order valence-electron chi connectivity index (χ3n) is 5.88. The Morgan fingerprint density at radius 3 is 2.41 bits per heavy atom. The number of rotatable bonds is 8. The van der Waals surface area contributed by atoms with E-state index in [4.69, 9.17) is 5.84 Å². The van der Waals surface area contributed by atoms with Crippen LogP contribution in [0.25, 0.3) is 0 Å². The molecule has 34 heavy (non-hydrogen) atoms. The largest absolute Gasteiger partial charge is 0.340 e. The minimum Gasteiger partial charge on any atom is -0.340 e. The standard InChI is InChI=1S/C23H30FN5O4S/c1-3-34(32,33)29(16-20-8-7-19(14-22(20)24)23(31)26-25)21-6-4-5-18(13-21)15-27-9-11-28(12-10-27)17(2)30/h4-8,13-14H,3,9-12,15-16,25H2,1-2H3,(H,26,31). The lowest BCUT2D eigenvalue weighted by Crippen LogP contribution is -2.47. The Hall–Kier alpha value is -3.02. The number of amides is 2. The fraction of sp³-hybridized carbons (Fsp3) is 0.391. The number of piperazine rings is 1. The van der Waals surface area contributed by atoms with Crippen LogP contribution in [0.5, 0.6) is 0 Å². The van der Waals surface area contributed by atoms with Crippen molar-refractivity contribution in [3.05, 3.63) is 65.0 Å². The van der Waals surface area contributed by atoms with E-state index in [1.807, 2.05) is 11.5 Å². The van der Waals surface area contributed by atoms with Gasteiger partial charge in [0.05, 0.1) is 18.0 Å². The lowest BCUT2D eigenvalue weighted by atomic mass is 10.1. The Morgan fingerprint density at radius 1 is 1.12 bits per heavy atom. The van der Waals surface area contributed by atoms with Crippen LogP contribution in [0.15, 0.2) is 42.5 Å². The number of nitrogens with one attached hydrogen (secondary N) is 1. The number of hydrogen-bond acceptors (Lipinski definition) is 6. The zero-order valence-electron chi connectivity index (χ0n) is 19.3. The zero-order valence-corrected chi connectivity index (χ0v) is 20.1. The molecule has 1 fully saturated rings. The molecule has 11 heteroatoms. The molecule has 0 saturated carbocycles. The predicted octanol–water partition coefficient (Wildman–Crippen LogP) is 1.45. The fourth-order valence-electron chi connectivity index (χ4n) is 3.85. The molecule has 3 rings (SSSR count). The van der Waals surface area contributed by atoms with Gasteiger partial charge in [-0.2, -0.15) is 0 Å². The van der Waals surface area contributed by atoms with Gasteiger partial charge >= 0.3 is 0 Å². The maximum Gasteiger partial charge on any atom is 0.265 e. The summed E-state index contributed by atoms with van der Waals surface area (Å²) in [6.45, 7) is 6.26. The molecule has 0 aromatic heterocycles. The first-order chi connectivity index (χ1) is 16.1. The molecule has 1 aliphatic rings. The third kappa shape index (κ3) is 6.10. The quantitative estimate of drug-likeness (QED) is 0.328. The van der Waals surface area contributed by atoms with Gasteiger partial charge in [-0.15, -0.1) is 0 Å². The Labute approximate surface area is 199 Å². The zero-order chi connectivity index (χ0) is 24.9. The second-order valence-corrected chi connectivity index (χ2v) is 10.3. The van der Waals surface area contributed by atoms with Gasteiger partial charge < -0.3 is 4.90 Å². The van der Waals surface area contributed by atoms with Crippen LogP contribution in [0.1, 0.15) is 35.3 Å². The average Bonchev–Trinajstić information content (AvgIpc) is 2.83. The van der Waals surface area contributed by atoms with Crippen molar-refractivity contribution in [2.45, 2.75) is 26.9 Å². The van der Waals surface area contributed by atoms with Crippen molar-refractivity contribution in [2.24, 2.45) is 5.84 Å². The second kappa shape index (κ2) is 10.9. The average molecular weight is 492 g/mol. The molecule has 0 unspecified atom stereocenters. The van der Waals surface area contributed by atoms with E-state index >= 15 is 0 Å². The fourth-order valence-corrected chi connectivity index (χ4v) is 4.93. The molecule has 9 nitrogen and oxygen atoms in total. The van der Waals surface area contributed by atoms with Gasteiger partial charge in [0.25, 0.3) is 5.91 Å². The molecule has 184 valence electrons. The van der Waals surface area contributed by atoms with Gasteiger partial charge in [0.1, 0.15) is 5.82 Å². The van der Waals surface area contributed by atoms with E-state index in [9.17, 15) is 22.4 Å². The van der Waals surface area contributed by atoms with Crippen molar-refractivity contribution in [3.63, 3.8) is 0 Å². The molecule has 3 N–H and O–H groups in total. The SMILES string of the molecule is CCS(=O)(=O)N(Cc1ccc(C(=O)NN)cc1F)c1cccc(CN2CCN(C(C)=O)CC2)c1. The molecule has 2 aromatic rings. The first-order valence-corrected chi connectivity index (χ1v) is 12.6. The summed E-state index contributed by atoms with van der Waals surface area (Å²) in [6.07, 6.45) is 0. The van der Waals surface area contributed by atoms with E-state index in [0.717, 1.165) is 24.7 Å². The van der Waals surface area contributed by atoms with Gasteiger partial charge in [-0.3, -0.25) is 24.2 Å². The van der Waals surface area contributed by atoms with Crippen LogP contribution in [-0.4, -0.2) is 62.0 Å². The highest BCUT2D eigenvalue weighted by atomic mass is 32.2. The first kappa shape index (κ1) is 25.6. The third-order valence-corrected chi connectivity index (χ3v) is 7.62. The van der Waals surface area contributed by atoms with E-state index in [1.165, 1.54) is 23.4 Å². The van der Waals surface area contributed by atoms with Crippen molar-refractivity contribution in [3.8, 4) is 0 Å². The summed E-state index contributed by atoms with van der Waals surface area (Å²) in [5, 5.41) is 0. The first-order valence-electron chi connectivity index (χ1n) is 11.0. The number of nitrogen functional groups attached to an aromatic ring is 1. The van der Waals surface area contributed by atoms with Crippen LogP contribution in [0.2, 0.25) is 0 Å². The number of carbonyl (C=O) groups is 2. The lowest BCUT2D eigenvalue weighted by molar-refractivity contribution is -0.130. The van der Waals surface area contributed by atoms with E-state index < -0.39 is 21.7 Å². The lowest BCUT2D eigenvalue weighted by Gasteiger charge is -2.34. The number of hydrogen-bond donors (Lipinski definition) is 2. The van der Waals surface area contributed by atoms with Crippen molar-refractivity contribution < 1.29 is 22.4 Å². The molecule has 0 aliphatic carbocycles. The summed E-state index contributed by atoms with van der Waals surface area (Å²) in [7, 11) is -3.72. The summed E-state index contributed by atoms with van der Waals surface area (Å²) in [5.74, 6) is 3.67. The highest BCUT2D eigenvalue weighted by Crippen LogP contribution is 2.25. The molecule has 2 aromatic carbocycles. The number of benzene rings is 2. The predicted molar refractivity (Wildman–Crippen MR) is 128 cm³/mol. The number of anilines is 1. The summed E-state index contributed by atoms with van der Waals surface area (Å²) in [5.41, 5.74) is 3.47. The Morgan fingerprint density at radius 2 is 1.82 bits per heavy atom. The Bertz CT molecular complexity index is 1150. The number of sulfonamides is 1. The molecule has 0 spiro atoms.